The number of guanidine groups is 1. The second kappa shape index (κ2) is 10.7. The molecular formula is C22H34IN5O2. The minimum atomic E-state index is -0.138. The zero-order valence-corrected chi connectivity index (χ0v) is 20.0. The number of halogens is 1. The minimum Gasteiger partial charge on any atom is -0.508 e. The summed E-state index contributed by atoms with van der Waals surface area (Å²) in [6.45, 7) is 5.39. The molecule has 1 heterocycles. The maximum absolute atomic E-state index is 12.1. The molecular weight excluding hydrogens is 493 g/mol. The lowest BCUT2D eigenvalue weighted by molar-refractivity contribution is 0.0948. The van der Waals surface area contributed by atoms with Gasteiger partial charge in [-0.2, -0.15) is 0 Å². The molecule has 0 radical (unpaired) electrons. The van der Waals surface area contributed by atoms with Crippen molar-refractivity contribution in [2.75, 3.05) is 46.3 Å². The summed E-state index contributed by atoms with van der Waals surface area (Å²) in [6, 6.07) is 7.09. The maximum atomic E-state index is 12.1. The smallest absolute Gasteiger partial charge is 0.251 e. The van der Waals surface area contributed by atoms with Crippen molar-refractivity contribution in [1.29, 1.82) is 0 Å². The number of phenols is 1. The van der Waals surface area contributed by atoms with E-state index in [9.17, 15) is 9.90 Å². The van der Waals surface area contributed by atoms with Crippen molar-refractivity contribution in [3.8, 4) is 5.75 Å². The number of piperazine rings is 1. The Balaban J connectivity index is 0.00000256. The summed E-state index contributed by atoms with van der Waals surface area (Å²) in [5.41, 5.74) is 0.545. The zero-order chi connectivity index (χ0) is 20.2. The Bertz CT molecular complexity index is 734. The molecule has 2 aliphatic carbocycles. The number of nitrogens with one attached hydrogen (secondary N) is 2. The molecule has 166 valence electrons. The van der Waals surface area contributed by atoms with E-state index in [1.165, 1.54) is 37.8 Å². The number of phenolic OH excluding ortho intramolecular Hbond substituents is 1. The fourth-order valence-electron chi connectivity index (χ4n) is 5.32. The predicted molar refractivity (Wildman–Crippen MR) is 130 cm³/mol. The first-order chi connectivity index (χ1) is 14.1. The lowest BCUT2D eigenvalue weighted by Crippen LogP contribution is -2.56. The molecule has 8 heteroatoms. The summed E-state index contributed by atoms with van der Waals surface area (Å²) in [7, 11) is 1.82. The quantitative estimate of drug-likeness (QED) is 0.237. The van der Waals surface area contributed by atoms with Gasteiger partial charge in [-0.1, -0.05) is 6.42 Å². The van der Waals surface area contributed by atoms with E-state index in [0.29, 0.717) is 18.7 Å². The molecule has 1 aromatic rings. The zero-order valence-electron chi connectivity index (χ0n) is 17.7. The largest absolute Gasteiger partial charge is 0.508 e. The minimum absolute atomic E-state index is 0. The normalized spacial score (nSPS) is 26.4. The van der Waals surface area contributed by atoms with Crippen molar-refractivity contribution in [3.63, 3.8) is 0 Å². The van der Waals surface area contributed by atoms with Crippen molar-refractivity contribution in [1.82, 2.24) is 20.4 Å². The Morgan fingerprint density at radius 3 is 2.37 bits per heavy atom. The Hall–Kier alpha value is -1.55. The lowest BCUT2D eigenvalue weighted by atomic mass is 9.93. The van der Waals surface area contributed by atoms with E-state index in [4.69, 9.17) is 0 Å². The van der Waals surface area contributed by atoms with Gasteiger partial charge in [0.2, 0.25) is 0 Å². The molecule has 4 rings (SSSR count). The first-order valence-corrected chi connectivity index (χ1v) is 10.9. The van der Waals surface area contributed by atoms with Crippen molar-refractivity contribution in [2.24, 2.45) is 16.8 Å². The van der Waals surface area contributed by atoms with E-state index in [-0.39, 0.29) is 35.6 Å². The maximum Gasteiger partial charge on any atom is 0.251 e. The van der Waals surface area contributed by atoms with Crippen molar-refractivity contribution < 1.29 is 9.90 Å². The van der Waals surface area contributed by atoms with Crippen LogP contribution < -0.4 is 10.6 Å². The van der Waals surface area contributed by atoms with E-state index in [1.807, 2.05) is 7.05 Å². The molecule has 1 amide bonds. The highest BCUT2D eigenvalue weighted by atomic mass is 127. The van der Waals surface area contributed by atoms with Gasteiger partial charge in [-0.3, -0.25) is 14.7 Å². The molecule has 30 heavy (non-hydrogen) atoms. The van der Waals surface area contributed by atoms with Crippen LogP contribution in [0.4, 0.5) is 0 Å². The van der Waals surface area contributed by atoms with Crippen molar-refractivity contribution >= 4 is 35.8 Å². The number of aromatic hydroxyl groups is 1. The van der Waals surface area contributed by atoms with E-state index in [1.54, 1.807) is 12.1 Å². The van der Waals surface area contributed by atoms with E-state index in [0.717, 1.165) is 50.0 Å². The van der Waals surface area contributed by atoms with Gasteiger partial charge in [-0.05, 0) is 55.4 Å². The number of nitrogens with zero attached hydrogens (tertiary/aromatic N) is 3. The Labute approximate surface area is 196 Å². The van der Waals surface area contributed by atoms with Crippen LogP contribution in [0.5, 0.6) is 5.75 Å². The third kappa shape index (κ3) is 5.38. The first kappa shape index (κ1) is 23.1. The molecule has 1 saturated heterocycles. The van der Waals surface area contributed by atoms with Crippen LogP contribution in [0.3, 0.4) is 0 Å². The summed E-state index contributed by atoms with van der Waals surface area (Å²) in [5.74, 6) is 2.88. The number of carbonyl (C=O) groups excluding carboxylic acids is 1. The van der Waals surface area contributed by atoms with Gasteiger partial charge in [-0.25, -0.2) is 0 Å². The van der Waals surface area contributed by atoms with Crippen LogP contribution in [-0.2, 0) is 0 Å². The van der Waals surface area contributed by atoms with Crippen LogP contribution in [-0.4, -0.2) is 79.1 Å². The van der Waals surface area contributed by atoms with Gasteiger partial charge < -0.3 is 20.6 Å². The Morgan fingerprint density at radius 2 is 1.77 bits per heavy atom. The Morgan fingerprint density at radius 1 is 1.07 bits per heavy atom. The molecule has 0 spiro atoms. The number of benzene rings is 1. The van der Waals surface area contributed by atoms with Crippen LogP contribution in [0.15, 0.2) is 29.3 Å². The van der Waals surface area contributed by atoms with Crippen LogP contribution in [0, 0.1) is 11.8 Å². The van der Waals surface area contributed by atoms with Gasteiger partial charge in [0.1, 0.15) is 5.75 Å². The number of carbonyl (C=O) groups is 1. The third-order valence-corrected chi connectivity index (χ3v) is 6.82. The number of amides is 1. The summed E-state index contributed by atoms with van der Waals surface area (Å²) < 4.78 is 0. The highest BCUT2D eigenvalue weighted by molar-refractivity contribution is 14.0. The Kier molecular flexibility index (Phi) is 8.21. The summed E-state index contributed by atoms with van der Waals surface area (Å²) in [4.78, 5) is 21.6. The number of rotatable bonds is 5. The molecule has 3 N–H and O–H groups in total. The molecule has 1 aliphatic heterocycles. The van der Waals surface area contributed by atoms with E-state index in [2.05, 4.69) is 25.4 Å². The molecule has 2 bridgehead atoms. The molecule has 7 nitrogen and oxygen atoms in total. The number of hydrogen-bond donors (Lipinski definition) is 3. The van der Waals surface area contributed by atoms with Crippen LogP contribution in [0.25, 0.3) is 0 Å². The average Bonchev–Trinajstić information content (AvgIpc) is 3.38. The van der Waals surface area contributed by atoms with Crippen molar-refractivity contribution in [3.05, 3.63) is 29.8 Å². The van der Waals surface area contributed by atoms with Crippen LogP contribution in [0.1, 0.15) is 36.0 Å². The summed E-state index contributed by atoms with van der Waals surface area (Å²) >= 11 is 0. The molecule has 2 saturated carbocycles. The highest BCUT2D eigenvalue weighted by Crippen LogP contribution is 2.46. The molecule has 3 fully saturated rings. The van der Waals surface area contributed by atoms with Crippen LogP contribution >= 0.6 is 24.0 Å². The van der Waals surface area contributed by atoms with Crippen LogP contribution in [0.2, 0.25) is 0 Å². The van der Waals surface area contributed by atoms with E-state index >= 15 is 0 Å². The summed E-state index contributed by atoms with van der Waals surface area (Å²) in [6.07, 6.45) is 5.78. The molecule has 3 unspecified atom stereocenters. The molecule has 1 aromatic carbocycles. The van der Waals surface area contributed by atoms with Gasteiger partial charge in [0, 0.05) is 57.9 Å². The lowest BCUT2D eigenvalue weighted by Gasteiger charge is -2.41. The standard InChI is InChI=1S/C22H33N5O2.HI/c1-23-22(25-9-8-24-21(29)17-4-6-19(28)7-5-17)27-12-10-26(11-13-27)20-15-16-2-3-18(20)14-16;/h4-7,16,18,20,28H,2-3,8-15H2,1H3,(H,23,25)(H,24,29);1H. The monoisotopic (exact) mass is 527 g/mol. The molecule has 0 aromatic heterocycles. The average molecular weight is 527 g/mol. The van der Waals surface area contributed by atoms with Crippen molar-refractivity contribution in [2.45, 2.75) is 31.7 Å². The van der Waals surface area contributed by atoms with Gasteiger partial charge in [-0.15, -0.1) is 24.0 Å². The first-order valence-electron chi connectivity index (χ1n) is 10.9. The van der Waals surface area contributed by atoms with Gasteiger partial charge in [0.25, 0.3) is 5.91 Å². The van der Waals surface area contributed by atoms with Gasteiger partial charge in [0.05, 0.1) is 0 Å². The van der Waals surface area contributed by atoms with Gasteiger partial charge in [0.15, 0.2) is 5.96 Å². The summed E-state index contributed by atoms with van der Waals surface area (Å²) in [5, 5.41) is 15.6. The highest BCUT2D eigenvalue weighted by Gasteiger charge is 2.42. The second-order valence-corrected chi connectivity index (χ2v) is 8.54. The fraction of sp³-hybridized carbons (Fsp3) is 0.636. The predicted octanol–water partition coefficient (Wildman–Crippen LogP) is 2.12. The van der Waals surface area contributed by atoms with Gasteiger partial charge >= 0.3 is 0 Å². The second-order valence-electron chi connectivity index (χ2n) is 8.54. The molecule has 3 atom stereocenters. The topological polar surface area (TPSA) is 80.2 Å². The number of aliphatic imine (C=N–C) groups is 1. The molecule has 3 aliphatic rings. The third-order valence-electron chi connectivity index (χ3n) is 6.82. The fourth-order valence-corrected chi connectivity index (χ4v) is 5.32. The van der Waals surface area contributed by atoms with E-state index < -0.39 is 0 Å². The SMILES string of the molecule is CN=C(NCCNC(=O)c1ccc(O)cc1)N1CCN(C2CC3CCC2C3)CC1.I. The number of hydrogen-bond acceptors (Lipinski definition) is 4. The number of fused-ring (bicyclic) bond motifs is 2.